The van der Waals surface area contributed by atoms with Crippen molar-refractivity contribution in [2.24, 2.45) is 10.8 Å². The van der Waals surface area contributed by atoms with Gasteiger partial charge in [0, 0.05) is 37.0 Å². The lowest BCUT2D eigenvalue weighted by Crippen LogP contribution is -2.38. The molecule has 4 nitrogen and oxygen atoms in total. The van der Waals surface area contributed by atoms with Gasteiger partial charge >= 0.3 is 6.09 Å². The number of fused-ring (bicyclic) bond motifs is 1. The van der Waals surface area contributed by atoms with E-state index >= 15 is 0 Å². The Morgan fingerprint density at radius 2 is 1.65 bits per heavy atom. The van der Waals surface area contributed by atoms with Crippen LogP contribution in [-0.4, -0.2) is 42.8 Å². The normalized spacial score (nSPS) is 37.1. The molecule has 0 aromatic carbocycles. The van der Waals surface area contributed by atoms with Crippen LogP contribution in [0.2, 0.25) is 0 Å². The molecule has 0 spiro atoms. The largest absolute Gasteiger partial charge is 0.444 e. The average Bonchev–Trinajstić information content (AvgIpc) is 2.50. The summed E-state index contributed by atoms with van der Waals surface area (Å²) in [5, 5.41) is 3.43. The molecule has 2 rings (SSSR count). The molecule has 0 aromatic rings. The van der Waals surface area contributed by atoms with Crippen molar-refractivity contribution in [3.8, 4) is 0 Å². The summed E-state index contributed by atoms with van der Waals surface area (Å²) < 4.78 is 5.44. The van der Waals surface area contributed by atoms with Crippen molar-refractivity contribution in [2.75, 3.05) is 26.2 Å². The molecule has 0 unspecified atom stereocenters. The first kappa shape index (κ1) is 12.7. The molecule has 2 atom stereocenters. The number of likely N-dealkylation sites (tertiary alicyclic amines) is 1. The Morgan fingerprint density at radius 3 is 2.06 bits per heavy atom. The Hall–Kier alpha value is -0.770. The van der Waals surface area contributed by atoms with Crippen molar-refractivity contribution < 1.29 is 9.53 Å². The number of hydrogen-bond donors (Lipinski definition) is 1. The summed E-state index contributed by atoms with van der Waals surface area (Å²) in [5.74, 6) is 0. The molecule has 0 bridgehead atoms. The van der Waals surface area contributed by atoms with E-state index in [1.807, 2.05) is 25.7 Å². The van der Waals surface area contributed by atoms with Crippen molar-refractivity contribution >= 4 is 6.09 Å². The van der Waals surface area contributed by atoms with E-state index in [2.05, 4.69) is 19.2 Å². The molecule has 0 radical (unpaired) electrons. The van der Waals surface area contributed by atoms with Gasteiger partial charge < -0.3 is 15.0 Å². The molecular formula is C13H24N2O2. The van der Waals surface area contributed by atoms with Crippen LogP contribution < -0.4 is 5.32 Å². The summed E-state index contributed by atoms with van der Waals surface area (Å²) in [5.41, 5.74) is -0.0390. The lowest BCUT2D eigenvalue weighted by molar-refractivity contribution is 0.0268. The predicted molar refractivity (Wildman–Crippen MR) is 66.9 cm³/mol. The fourth-order valence-corrected chi connectivity index (χ4v) is 2.89. The average molecular weight is 240 g/mol. The zero-order chi connectivity index (χ0) is 12.9. The van der Waals surface area contributed by atoms with Crippen LogP contribution in [0.4, 0.5) is 4.79 Å². The molecule has 98 valence electrons. The molecule has 2 saturated heterocycles. The molecule has 17 heavy (non-hydrogen) atoms. The third kappa shape index (κ3) is 2.15. The van der Waals surface area contributed by atoms with Gasteiger partial charge in [0.05, 0.1) is 0 Å². The van der Waals surface area contributed by atoms with Gasteiger partial charge in [-0.15, -0.1) is 0 Å². The molecular weight excluding hydrogens is 216 g/mol. The summed E-state index contributed by atoms with van der Waals surface area (Å²) in [7, 11) is 0. The van der Waals surface area contributed by atoms with Crippen molar-refractivity contribution in [1.82, 2.24) is 10.2 Å². The standard InChI is InChI=1S/C13H24N2O2/c1-11(2,3)17-10(16)15-8-12(4)6-14-7-13(12,5)9-15/h14H,6-9H2,1-5H3/t12-,13+. The molecule has 2 fully saturated rings. The van der Waals surface area contributed by atoms with Crippen LogP contribution >= 0.6 is 0 Å². The number of ether oxygens (including phenoxy) is 1. The molecule has 0 aliphatic carbocycles. The smallest absolute Gasteiger partial charge is 0.410 e. The SMILES string of the molecule is CC(C)(C)OC(=O)N1C[C@]2(C)CNC[C@]2(C)C1. The monoisotopic (exact) mass is 240 g/mol. The molecule has 0 aromatic heterocycles. The Bertz CT molecular complexity index is 319. The number of hydrogen-bond acceptors (Lipinski definition) is 3. The molecule has 1 amide bonds. The zero-order valence-corrected chi connectivity index (χ0v) is 11.6. The number of carbonyl (C=O) groups is 1. The fourth-order valence-electron chi connectivity index (χ4n) is 2.89. The number of rotatable bonds is 0. The molecule has 1 N–H and O–H groups in total. The van der Waals surface area contributed by atoms with E-state index in [9.17, 15) is 4.79 Å². The quantitative estimate of drug-likeness (QED) is 0.702. The highest BCUT2D eigenvalue weighted by molar-refractivity contribution is 5.69. The van der Waals surface area contributed by atoms with Gasteiger partial charge in [-0.2, -0.15) is 0 Å². The van der Waals surface area contributed by atoms with Gasteiger partial charge in [0.25, 0.3) is 0 Å². The van der Waals surface area contributed by atoms with E-state index in [4.69, 9.17) is 4.74 Å². The van der Waals surface area contributed by atoms with Crippen LogP contribution in [0.25, 0.3) is 0 Å². The van der Waals surface area contributed by atoms with E-state index < -0.39 is 5.60 Å². The predicted octanol–water partition coefficient (Wildman–Crippen LogP) is 1.85. The first-order valence-electron chi connectivity index (χ1n) is 6.34. The Labute approximate surface area is 104 Å². The van der Waals surface area contributed by atoms with E-state index in [0.717, 1.165) is 26.2 Å². The minimum atomic E-state index is -0.408. The minimum absolute atomic E-state index is 0.172. The van der Waals surface area contributed by atoms with Crippen LogP contribution in [0.1, 0.15) is 34.6 Å². The second-order valence-corrected chi connectivity index (χ2v) is 7.06. The summed E-state index contributed by atoms with van der Waals surface area (Å²) in [6.45, 7) is 13.8. The number of nitrogens with one attached hydrogen (secondary N) is 1. The van der Waals surface area contributed by atoms with Crippen LogP contribution in [0, 0.1) is 10.8 Å². The minimum Gasteiger partial charge on any atom is -0.444 e. The fraction of sp³-hybridized carbons (Fsp3) is 0.923. The van der Waals surface area contributed by atoms with Gasteiger partial charge in [0.2, 0.25) is 0 Å². The van der Waals surface area contributed by atoms with Crippen LogP contribution in [0.5, 0.6) is 0 Å². The van der Waals surface area contributed by atoms with E-state index in [-0.39, 0.29) is 16.9 Å². The van der Waals surface area contributed by atoms with Crippen molar-refractivity contribution in [2.45, 2.75) is 40.2 Å². The van der Waals surface area contributed by atoms with Crippen LogP contribution in [0.3, 0.4) is 0 Å². The number of amides is 1. The maximum Gasteiger partial charge on any atom is 0.410 e. The molecule has 2 heterocycles. The summed E-state index contributed by atoms with van der Waals surface area (Å²) in [6.07, 6.45) is -0.172. The molecule has 2 aliphatic rings. The summed E-state index contributed by atoms with van der Waals surface area (Å²) >= 11 is 0. The third-order valence-corrected chi connectivity index (χ3v) is 4.22. The molecule has 4 heteroatoms. The summed E-state index contributed by atoms with van der Waals surface area (Å²) in [4.78, 5) is 13.9. The Balaban J connectivity index is 2.06. The molecule has 2 aliphatic heterocycles. The van der Waals surface area contributed by atoms with Crippen molar-refractivity contribution in [3.05, 3.63) is 0 Å². The van der Waals surface area contributed by atoms with E-state index in [0.29, 0.717) is 0 Å². The van der Waals surface area contributed by atoms with Gasteiger partial charge in [0.15, 0.2) is 0 Å². The maximum absolute atomic E-state index is 12.1. The highest BCUT2D eigenvalue weighted by Gasteiger charge is 2.56. The van der Waals surface area contributed by atoms with Crippen LogP contribution in [-0.2, 0) is 4.74 Å². The molecule has 0 saturated carbocycles. The van der Waals surface area contributed by atoms with E-state index in [1.165, 1.54) is 0 Å². The van der Waals surface area contributed by atoms with Gasteiger partial charge in [-0.05, 0) is 20.8 Å². The van der Waals surface area contributed by atoms with Crippen LogP contribution in [0.15, 0.2) is 0 Å². The van der Waals surface area contributed by atoms with Crippen molar-refractivity contribution in [3.63, 3.8) is 0 Å². The number of carbonyl (C=O) groups excluding carboxylic acids is 1. The first-order valence-corrected chi connectivity index (χ1v) is 6.34. The first-order chi connectivity index (χ1) is 7.65. The van der Waals surface area contributed by atoms with Gasteiger partial charge in [-0.3, -0.25) is 0 Å². The zero-order valence-electron chi connectivity index (χ0n) is 11.6. The second-order valence-electron chi connectivity index (χ2n) is 7.06. The number of nitrogens with zero attached hydrogens (tertiary/aromatic N) is 1. The van der Waals surface area contributed by atoms with Gasteiger partial charge in [-0.25, -0.2) is 4.79 Å². The summed E-state index contributed by atoms with van der Waals surface area (Å²) in [6, 6.07) is 0. The Morgan fingerprint density at radius 1 is 1.18 bits per heavy atom. The second kappa shape index (κ2) is 3.61. The topological polar surface area (TPSA) is 41.6 Å². The lowest BCUT2D eigenvalue weighted by Gasteiger charge is -2.30. The Kier molecular flexibility index (Phi) is 2.69. The highest BCUT2D eigenvalue weighted by Crippen LogP contribution is 2.48. The highest BCUT2D eigenvalue weighted by atomic mass is 16.6. The third-order valence-electron chi connectivity index (χ3n) is 4.22. The van der Waals surface area contributed by atoms with Crippen molar-refractivity contribution in [1.29, 1.82) is 0 Å². The lowest BCUT2D eigenvalue weighted by atomic mass is 9.71. The van der Waals surface area contributed by atoms with Gasteiger partial charge in [0.1, 0.15) is 5.60 Å². The van der Waals surface area contributed by atoms with Gasteiger partial charge in [-0.1, -0.05) is 13.8 Å². The maximum atomic E-state index is 12.1. The van der Waals surface area contributed by atoms with E-state index in [1.54, 1.807) is 0 Å².